The third kappa shape index (κ3) is 1.92. The molecule has 2 aliphatic carbocycles. The van der Waals surface area contributed by atoms with Crippen LogP contribution in [0.4, 0.5) is 0 Å². The first-order valence-corrected chi connectivity index (χ1v) is 8.54. The Balaban J connectivity index is 1.55. The molecule has 2 aliphatic heterocycles. The minimum Gasteiger partial charge on any atom is -0.489 e. The lowest BCUT2D eigenvalue weighted by atomic mass is 9.62. The fourth-order valence-corrected chi connectivity index (χ4v) is 4.35. The molecule has 0 spiro atoms. The van der Waals surface area contributed by atoms with Gasteiger partial charge in [0.25, 0.3) is 0 Å². The second kappa shape index (κ2) is 4.51. The van der Waals surface area contributed by atoms with Gasteiger partial charge in [-0.25, -0.2) is 9.78 Å². The molecule has 4 heterocycles. The third-order valence-corrected chi connectivity index (χ3v) is 5.80. The highest BCUT2D eigenvalue weighted by Crippen LogP contribution is 2.58. The number of carbonyl (C=O) groups is 1. The Bertz CT molecular complexity index is 846. The minimum atomic E-state index is -0.972. The quantitative estimate of drug-likeness (QED) is 0.934. The Hall–Kier alpha value is -2.08. The fourth-order valence-electron chi connectivity index (χ4n) is 4.35. The van der Waals surface area contributed by atoms with Crippen molar-refractivity contribution in [1.82, 2.24) is 9.38 Å². The molecule has 2 aromatic rings. The maximum atomic E-state index is 11.6. The van der Waals surface area contributed by atoms with E-state index in [4.69, 9.17) is 14.5 Å². The van der Waals surface area contributed by atoms with Crippen LogP contribution >= 0.6 is 0 Å². The highest BCUT2D eigenvalue weighted by Gasteiger charge is 2.61. The van der Waals surface area contributed by atoms with E-state index in [1.165, 1.54) is 0 Å². The van der Waals surface area contributed by atoms with Crippen LogP contribution in [0.25, 0.3) is 5.65 Å². The normalized spacial score (nSPS) is 31.7. The number of aromatic carboxylic acids is 1. The zero-order valence-electron chi connectivity index (χ0n) is 13.6. The summed E-state index contributed by atoms with van der Waals surface area (Å²) in [7, 11) is 0. The molecule has 126 valence electrons. The van der Waals surface area contributed by atoms with Crippen molar-refractivity contribution in [2.45, 2.75) is 56.1 Å². The maximum absolute atomic E-state index is 11.6. The van der Waals surface area contributed by atoms with Gasteiger partial charge in [-0.05, 0) is 39.0 Å². The van der Waals surface area contributed by atoms with Crippen molar-refractivity contribution in [1.29, 1.82) is 0 Å². The van der Waals surface area contributed by atoms with Crippen LogP contribution in [0.5, 0.6) is 5.75 Å². The van der Waals surface area contributed by atoms with Gasteiger partial charge in [0.2, 0.25) is 0 Å². The van der Waals surface area contributed by atoms with Crippen molar-refractivity contribution in [2.75, 3.05) is 6.61 Å². The van der Waals surface area contributed by atoms with Crippen molar-refractivity contribution >= 4 is 11.6 Å². The van der Waals surface area contributed by atoms with Crippen LogP contribution in [0.3, 0.4) is 0 Å². The molecule has 0 aromatic carbocycles. The Kier molecular flexibility index (Phi) is 2.68. The van der Waals surface area contributed by atoms with Gasteiger partial charge < -0.3 is 19.0 Å². The summed E-state index contributed by atoms with van der Waals surface area (Å²) < 4.78 is 13.5. The number of hydrogen-bond acceptors (Lipinski definition) is 4. The summed E-state index contributed by atoms with van der Waals surface area (Å²) in [4.78, 5) is 16.4. The summed E-state index contributed by atoms with van der Waals surface area (Å²) in [6.45, 7) is 2.84. The number of aromatic nitrogens is 2. The Labute approximate surface area is 139 Å². The number of fused-ring (bicyclic) bond motifs is 2. The molecular formula is C18H20N2O4. The average molecular weight is 328 g/mol. The Morgan fingerprint density at radius 2 is 2.21 bits per heavy atom. The monoisotopic (exact) mass is 328 g/mol. The highest BCUT2D eigenvalue weighted by molar-refractivity contribution is 5.91. The number of nitrogens with zero attached hydrogens (tertiary/aromatic N) is 2. The molecule has 6 heteroatoms. The van der Waals surface area contributed by atoms with E-state index in [2.05, 4.69) is 6.92 Å². The van der Waals surface area contributed by atoms with E-state index in [0.29, 0.717) is 12.4 Å². The summed E-state index contributed by atoms with van der Waals surface area (Å²) >= 11 is 0. The summed E-state index contributed by atoms with van der Waals surface area (Å²) in [6.07, 6.45) is 8.79. The van der Waals surface area contributed by atoms with Gasteiger partial charge in [-0.3, -0.25) is 0 Å². The van der Waals surface area contributed by atoms with Gasteiger partial charge >= 0.3 is 5.97 Å². The van der Waals surface area contributed by atoms with Gasteiger partial charge in [-0.1, -0.05) is 0 Å². The van der Waals surface area contributed by atoms with Crippen LogP contribution < -0.4 is 4.74 Å². The van der Waals surface area contributed by atoms with Crippen LogP contribution in [0.15, 0.2) is 18.5 Å². The zero-order chi connectivity index (χ0) is 16.5. The molecule has 6 nitrogen and oxygen atoms in total. The van der Waals surface area contributed by atoms with Gasteiger partial charge in [0.15, 0.2) is 0 Å². The van der Waals surface area contributed by atoms with Gasteiger partial charge in [-0.2, -0.15) is 0 Å². The molecule has 2 bridgehead atoms. The number of carboxylic acid groups (broad SMARTS) is 1. The van der Waals surface area contributed by atoms with E-state index in [1.807, 2.05) is 6.20 Å². The minimum absolute atomic E-state index is 0.000517. The summed E-state index contributed by atoms with van der Waals surface area (Å²) in [5.41, 5.74) is 1.92. The fraction of sp³-hybridized carbons (Fsp3) is 0.556. The van der Waals surface area contributed by atoms with Crippen molar-refractivity contribution < 1.29 is 19.4 Å². The first kappa shape index (κ1) is 14.3. The van der Waals surface area contributed by atoms with Gasteiger partial charge in [-0.15, -0.1) is 0 Å². The molecule has 6 rings (SSSR count). The number of rotatable bonds is 4. The molecule has 4 fully saturated rings. The lowest BCUT2D eigenvalue weighted by Gasteiger charge is -2.41. The highest BCUT2D eigenvalue weighted by atomic mass is 16.5. The van der Waals surface area contributed by atoms with E-state index >= 15 is 0 Å². The van der Waals surface area contributed by atoms with Crippen LogP contribution in [0, 0.1) is 0 Å². The smallest absolute Gasteiger partial charge is 0.341 e. The lowest BCUT2D eigenvalue weighted by Crippen LogP contribution is -2.45. The molecule has 0 atom stereocenters. The zero-order valence-corrected chi connectivity index (χ0v) is 13.6. The van der Waals surface area contributed by atoms with E-state index < -0.39 is 5.97 Å². The van der Waals surface area contributed by atoms with Crippen molar-refractivity contribution in [3.8, 4) is 5.75 Å². The first-order valence-electron chi connectivity index (χ1n) is 8.54. The van der Waals surface area contributed by atoms with Crippen molar-refractivity contribution in [3.63, 3.8) is 0 Å². The van der Waals surface area contributed by atoms with E-state index in [1.54, 1.807) is 16.7 Å². The molecule has 2 aromatic heterocycles. The molecule has 24 heavy (non-hydrogen) atoms. The maximum Gasteiger partial charge on any atom is 0.341 e. The topological polar surface area (TPSA) is 73.1 Å². The summed E-state index contributed by atoms with van der Waals surface area (Å²) in [5, 5.41) is 9.51. The average Bonchev–Trinajstić information content (AvgIpc) is 3.11. The number of hydrogen-bond donors (Lipinski definition) is 1. The molecule has 4 aliphatic rings. The standard InChI is InChI=1S/C18H20N2O4/c1-17-8-18(9-17,10-23-17)14-7-20-6-12(16(21)22)13(5-15(20)19-14)24-11-3-2-4-11/h5-7,11H,2-4,8-10H2,1H3,(H,21,22). The molecule has 1 N–H and O–H groups in total. The van der Waals surface area contributed by atoms with Crippen LogP contribution in [-0.2, 0) is 10.2 Å². The number of ether oxygens (including phenoxy) is 2. The van der Waals surface area contributed by atoms with Gasteiger partial charge in [0.1, 0.15) is 17.0 Å². The largest absolute Gasteiger partial charge is 0.489 e. The van der Waals surface area contributed by atoms with Crippen LogP contribution in [0.1, 0.15) is 55.1 Å². The van der Waals surface area contributed by atoms with E-state index in [9.17, 15) is 9.90 Å². The van der Waals surface area contributed by atoms with Gasteiger partial charge in [0, 0.05) is 23.9 Å². The van der Waals surface area contributed by atoms with E-state index in [-0.39, 0.29) is 22.7 Å². The molecule has 0 amide bonds. The predicted molar refractivity (Wildman–Crippen MR) is 85.7 cm³/mol. The Morgan fingerprint density at radius 1 is 1.42 bits per heavy atom. The molecule has 2 saturated heterocycles. The first-order chi connectivity index (χ1) is 11.5. The molecule has 0 radical (unpaired) electrons. The second-order valence-corrected chi connectivity index (χ2v) is 7.79. The number of imidazole rings is 1. The van der Waals surface area contributed by atoms with E-state index in [0.717, 1.165) is 43.4 Å². The van der Waals surface area contributed by atoms with Crippen LogP contribution in [-0.4, -0.2) is 38.8 Å². The molecular weight excluding hydrogens is 308 g/mol. The molecule has 0 unspecified atom stereocenters. The number of carboxylic acids is 1. The van der Waals surface area contributed by atoms with Crippen molar-refractivity contribution in [3.05, 3.63) is 29.7 Å². The number of pyridine rings is 1. The van der Waals surface area contributed by atoms with Crippen molar-refractivity contribution in [2.24, 2.45) is 0 Å². The lowest BCUT2D eigenvalue weighted by molar-refractivity contribution is 0.0154. The SMILES string of the molecule is CC12CC(c3cn4cc(C(=O)O)c(OC5CCC5)cc4n3)(CO1)C2. The van der Waals surface area contributed by atoms with Gasteiger partial charge in [0.05, 0.1) is 24.0 Å². The summed E-state index contributed by atoms with van der Waals surface area (Å²) in [6, 6.07) is 1.76. The van der Waals surface area contributed by atoms with Crippen LogP contribution in [0.2, 0.25) is 0 Å². The Morgan fingerprint density at radius 3 is 2.79 bits per heavy atom. The third-order valence-electron chi connectivity index (χ3n) is 5.80. The molecule has 2 saturated carbocycles. The second-order valence-electron chi connectivity index (χ2n) is 7.79. The predicted octanol–water partition coefficient (Wildman–Crippen LogP) is 2.78. The summed E-state index contributed by atoms with van der Waals surface area (Å²) in [5.74, 6) is -0.546.